The number of aliphatic hydroxyl groups excluding tert-OH is 1. The van der Waals surface area contributed by atoms with E-state index < -0.39 is 82.2 Å². The number of nitrogens with one attached hydrogen (secondary N) is 3. The van der Waals surface area contributed by atoms with Crippen molar-refractivity contribution in [2.45, 2.75) is 149 Å². The van der Waals surface area contributed by atoms with Crippen LogP contribution >= 0.6 is 0 Å². The number of rotatable bonds is 26. The fourth-order valence-electron chi connectivity index (χ4n) is 8.52. The topological polar surface area (TPSA) is 207 Å². The van der Waals surface area contributed by atoms with Crippen LogP contribution in [0.3, 0.4) is 0 Å². The van der Waals surface area contributed by atoms with Crippen LogP contribution in [-0.4, -0.2) is 158 Å². The lowest BCUT2D eigenvalue weighted by molar-refractivity contribution is -0.146. The first kappa shape index (κ1) is 53.9. The third kappa shape index (κ3) is 15.8. The van der Waals surface area contributed by atoms with Gasteiger partial charge in [-0.25, -0.2) is 0 Å². The quantitative estimate of drug-likeness (QED) is 0.0673. The number of hydrogen-bond donors (Lipinski definition) is 5. The second-order valence-corrected chi connectivity index (χ2v) is 19.3. The summed E-state index contributed by atoms with van der Waals surface area (Å²) in [6.07, 6.45) is -0.356. The molecule has 350 valence electrons. The number of aliphatic hydroxyl groups is 1. The van der Waals surface area contributed by atoms with Crippen LogP contribution in [0.1, 0.15) is 93.6 Å². The number of amides is 4. The Labute approximate surface area is 366 Å². The Kier molecular flexibility index (Phi) is 22.3. The van der Waals surface area contributed by atoms with Crippen molar-refractivity contribution >= 4 is 33.7 Å². The molecule has 5 N–H and O–H groups in total. The fraction of sp³-hybridized carbons (Fsp3) is 0.773. The van der Waals surface area contributed by atoms with E-state index in [4.69, 9.17) is 14.0 Å². The second kappa shape index (κ2) is 25.2. The molecular weight excluding hydrogens is 805 g/mol. The first-order valence-corrected chi connectivity index (χ1v) is 23.5. The minimum atomic E-state index is -4.31. The zero-order valence-corrected chi connectivity index (χ0v) is 39.8. The van der Waals surface area contributed by atoms with Gasteiger partial charge in [-0.05, 0) is 64.1 Å². The zero-order valence-electron chi connectivity index (χ0n) is 39.0. The molecule has 0 aromatic heterocycles. The fourth-order valence-corrected chi connectivity index (χ4v) is 8.88. The van der Waals surface area contributed by atoms with Crippen molar-refractivity contribution in [1.82, 2.24) is 30.7 Å². The highest BCUT2D eigenvalue weighted by Gasteiger charge is 2.44. The normalized spacial score (nSPS) is 19.3. The van der Waals surface area contributed by atoms with Gasteiger partial charge >= 0.3 is 0 Å². The number of likely N-dealkylation sites (tertiary alicyclic amines) is 1. The Balaban J connectivity index is 2.32. The number of nitrogens with zero attached hydrogens (tertiary/aromatic N) is 3. The summed E-state index contributed by atoms with van der Waals surface area (Å²) < 4.78 is 43.7. The Morgan fingerprint density at radius 2 is 1.51 bits per heavy atom. The van der Waals surface area contributed by atoms with E-state index >= 15 is 0 Å². The molecule has 10 atom stereocenters. The molecule has 1 aromatic rings. The molecule has 1 aliphatic heterocycles. The number of benzene rings is 1. The minimum absolute atomic E-state index is 0.00767. The van der Waals surface area contributed by atoms with E-state index in [1.165, 1.54) is 7.11 Å². The number of ether oxygens (including phenoxy) is 2. The van der Waals surface area contributed by atoms with Crippen LogP contribution < -0.4 is 16.0 Å². The first-order valence-electron chi connectivity index (χ1n) is 21.8. The largest absolute Gasteiger partial charge is 0.379 e. The van der Waals surface area contributed by atoms with Crippen LogP contribution in [0.5, 0.6) is 0 Å². The van der Waals surface area contributed by atoms with E-state index in [1.54, 1.807) is 38.1 Å². The Morgan fingerprint density at radius 3 is 2.02 bits per heavy atom. The summed E-state index contributed by atoms with van der Waals surface area (Å²) >= 11 is 0. The molecule has 1 aliphatic rings. The molecule has 2 rings (SSSR count). The molecular formula is C44H78N6O10S. The van der Waals surface area contributed by atoms with Gasteiger partial charge in [0.15, 0.2) is 0 Å². The van der Waals surface area contributed by atoms with Gasteiger partial charge in [0.2, 0.25) is 23.6 Å². The van der Waals surface area contributed by atoms with Crippen molar-refractivity contribution in [1.29, 1.82) is 0 Å². The maximum atomic E-state index is 14.4. The SMILES string of the molecule is CCC(C)[C@@H]([C@@H](CC(=O)N1CCCC1C(OC)[C@@H](C)C(=O)N[C@@H](Cc1ccccc1)C(=O)NCCS(=O)(=O)O)OC)N(C)C(O)[C@@H](NC(=O)[C@H](C(C)C)N(C)C(C)C)C(C)C. The van der Waals surface area contributed by atoms with Crippen LogP contribution in [0.4, 0.5) is 0 Å². The summed E-state index contributed by atoms with van der Waals surface area (Å²) in [4.78, 5) is 60.9. The Hall–Kier alpha value is -3.19. The van der Waals surface area contributed by atoms with Gasteiger partial charge < -0.3 is 35.4 Å². The lowest BCUT2D eigenvalue weighted by atomic mass is 9.89. The predicted molar refractivity (Wildman–Crippen MR) is 237 cm³/mol. The van der Waals surface area contributed by atoms with Gasteiger partial charge in [-0.3, -0.25) is 33.5 Å². The van der Waals surface area contributed by atoms with Crippen molar-refractivity contribution in [3.63, 3.8) is 0 Å². The number of carbonyl (C=O) groups excluding carboxylic acids is 4. The monoisotopic (exact) mass is 883 g/mol. The minimum Gasteiger partial charge on any atom is -0.379 e. The number of methoxy groups -OCH3 is 2. The maximum absolute atomic E-state index is 14.4. The molecule has 1 aromatic carbocycles. The summed E-state index contributed by atoms with van der Waals surface area (Å²) in [5.74, 6) is -3.03. The van der Waals surface area contributed by atoms with Gasteiger partial charge in [-0.2, -0.15) is 8.42 Å². The molecule has 17 heteroatoms. The van der Waals surface area contributed by atoms with Gasteiger partial charge in [0.25, 0.3) is 10.1 Å². The number of likely N-dealkylation sites (N-methyl/N-ethyl adjacent to an activating group) is 2. The van der Waals surface area contributed by atoms with E-state index in [0.717, 1.165) is 12.0 Å². The number of hydrogen-bond acceptors (Lipinski definition) is 11. The molecule has 1 heterocycles. The van der Waals surface area contributed by atoms with E-state index in [0.29, 0.717) is 19.4 Å². The average Bonchev–Trinajstić information content (AvgIpc) is 3.68. The summed E-state index contributed by atoms with van der Waals surface area (Å²) in [7, 11) is 2.47. The summed E-state index contributed by atoms with van der Waals surface area (Å²) in [5.41, 5.74) is 0.765. The predicted octanol–water partition coefficient (Wildman–Crippen LogP) is 2.94. The first-order chi connectivity index (χ1) is 28.5. The number of carbonyl (C=O) groups is 4. The molecule has 4 amide bonds. The van der Waals surface area contributed by atoms with Crippen molar-refractivity contribution in [3.8, 4) is 0 Å². The molecule has 4 unspecified atom stereocenters. The van der Waals surface area contributed by atoms with E-state index in [9.17, 15) is 32.7 Å². The van der Waals surface area contributed by atoms with Gasteiger partial charge in [0.05, 0.1) is 48.4 Å². The third-order valence-electron chi connectivity index (χ3n) is 12.4. The second-order valence-electron chi connectivity index (χ2n) is 17.8. The maximum Gasteiger partial charge on any atom is 0.266 e. The van der Waals surface area contributed by atoms with Gasteiger partial charge in [0, 0.05) is 45.8 Å². The van der Waals surface area contributed by atoms with E-state index in [2.05, 4.69) is 22.9 Å². The lowest BCUT2D eigenvalue weighted by Crippen LogP contribution is -2.62. The van der Waals surface area contributed by atoms with E-state index in [1.807, 2.05) is 83.5 Å². The molecule has 0 saturated carbocycles. The van der Waals surface area contributed by atoms with E-state index in [-0.39, 0.29) is 55.0 Å². The standard InChI is InChI=1S/C44H78N6O10S/c1-14-30(8)39(49(11)44(55)37(27(2)3)47-43(54)38(28(4)5)48(10)29(6)7)35(59-12)26-36(51)50-23-18-21-34(50)40(60-13)31(9)41(52)46-33(25-32-19-16-15-17-20-32)42(53)45-22-24-61(56,57)58/h15-17,19-20,27-31,33-35,37-40,44,55H,14,18,21-26H2,1-13H3,(H,45,53)(H,46,52)(H,47,54)(H,56,57,58)/t30?,31-,33+,34?,35-,37+,38+,39+,40?,44?/m1/s1. The van der Waals surface area contributed by atoms with Crippen LogP contribution in [0.15, 0.2) is 30.3 Å². The van der Waals surface area contributed by atoms with Crippen LogP contribution in [0.25, 0.3) is 0 Å². The lowest BCUT2D eigenvalue weighted by Gasteiger charge is -2.44. The van der Waals surface area contributed by atoms with Gasteiger partial charge in [0.1, 0.15) is 12.3 Å². The molecule has 61 heavy (non-hydrogen) atoms. The Bertz CT molecular complexity index is 1630. The molecule has 16 nitrogen and oxygen atoms in total. The summed E-state index contributed by atoms with van der Waals surface area (Å²) in [6, 6.07) is 6.23. The zero-order chi connectivity index (χ0) is 46.4. The van der Waals surface area contributed by atoms with Crippen LogP contribution in [0, 0.1) is 23.7 Å². The third-order valence-corrected chi connectivity index (χ3v) is 13.1. The smallest absolute Gasteiger partial charge is 0.266 e. The molecule has 1 saturated heterocycles. The van der Waals surface area contributed by atoms with Crippen molar-refractivity contribution < 1.29 is 46.7 Å². The molecule has 0 spiro atoms. The van der Waals surface area contributed by atoms with Gasteiger partial charge in [-0.15, -0.1) is 0 Å². The molecule has 0 aliphatic carbocycles. The van der Waals surface area contributed by atoms with Crippen LogP contribution in [-0.2, 0) is 45.2 Å². The summed E-state index contributed by atoms with van der Waals surface area (Å²) in [5, 5.41) is 20.5. The van der Waals surface area contributed by atoms with Crippen molar-refractivity contribution in [2.24, 2.45) is 23.7 Å². The molecule has 0 bridgehead atoms. The average molecular weight is 883 g/mol. The van der Waals surface area contributed by atoms with Crippen molar-refractivity contribution in [3.05, 3.63) is 35.9 Å². The van der Waals surface area contributed by atoms with Crippen LogP contribution in [0.2, 0.25) is 0 Å². The molecule has 0 radical (unpaired) electrons. The van der Waals surface area contributed by atoms with Gasteiger partial charge in [-0.1, -0.05) is 85.2 Å². The highest BCUT2D eigenvalue weighted by atomic mass is 32.2. The molecule has 1 fully saturated rings. The Morgan fingerprint density at radius 1 is 0.885 bits per heavy atom. The highest BCUT2D eigenvalue weighted by Crippen LogP contribution is 2.30. The summed E-state index contributed by atoms with van der Waals surface area (Å²) in [6.45, 7) is 17.9. The highest BCUT2D eigenvalue weighted by molar-refractivity contribution is 7.85. The van der Waals surface area contributed by atoms with Crippen molar-refractivity contribution in [2.75, 3.05) is 47.2 Å².